The number of nitrogens with zero attached hydrogens (tertiary/aromatic N) is 3. The second-order valence-electron chi connectivity index (χ2n) is 4.46. The van der Waals surface area contributed by atoms with Gasteiger partial charge in [-0.15, -0.1) is 5.10 Å². The molecule has 0 aliphatic heterocycles. The lowest BCUT2D eigenvalue weighted by atomic mass is 10.2. The number of ether oxygens (including phenoxy) is 2. The van der Waals surface area contributed by atoms with E-state index < -0.39 is 0 Å². The predicted molar refractivity (Wildman–Crippen MR) is 77.6 cm³/mol. The third kappa shape index (κ3) is 3.00. The lowest BCUT2D eigenvalue weighted by Gasteiger charge is -2.08. The van der Waals surface area contributed by atoms with Crippen LogP contribution in [0.4, 0.5) is 0 Å². The van der Waals surface area contributed by atoms with Crippen molar-refractivity contribution in [2.24, 2.45) is 0 Å². The Morgan fingerprint density at radius 3 is 2.55 bits per heavy atom. The molecule has 2 rings (SSSR count). The highest BCUT2D eigenvalue weighted by atomic mass is 32.1. The maximum Gasteiger partial charge on any atom is 0.288 e. The Morgan fingerprint density at radius 2 is 1.95 bits per heavy atom. The molecule has 0 N–H and O–H groups in total. The first-order valence-corrected chi connectivity index (χ1v) is 6.41. The van der Waals surface area contributed by atoms with Crippen LogP contribution in [-0.4, -0.2) is 43.0 Å². The molecule has 20 heavy (non-hydrogen) atoms. The van der Waals surface area contributed by atoms with Crippen LogP contribution < -0.4 is 9.47 Å². The summed E-state index contributed by atoms with van der Waals surface area (Å²) in [7, 11) is 7.05. The van der Waals surface area contributed by atoms with Gasteiger partial charge in [0.15, 0.2) is 11.5 Å². The summed E-state index contributed by atoms with van der Waals surface area (Å²) in [5.41, 5.74) is 0.784. The van der Waals surface area contributed by atoms with Crippen molar-refractivity contribution >= 4 is 12.2 Å². The van der Waals surface area contributed by atoms with Gasteiger partial charge in [0.1, 0.15) is 0 Å². The van der Waals surface area contributed by atoms with Gasteiger partial charge < -0.3 is 13.9 Å². The van der Waals surface area contributed by atoms with Crippen LogP contribution >= 0.6 is 12.2 Å². The highest BCUT2D eigenvalue weighted by molar-refractivity contribution is 7.71. The molecule has 1 heterocycles. The number of hydrogen-bond acceptors (Lipinski definition) is 6. The maximum absolute atomic E-state index is 5.52. The molecule has 0 radical (unpaired) electrons. The van der Waals surface area contributed by atoms with Gasteiger partial charge in [-0.3, -0.25) is 4.90 Å². The molecule has 0 unspecified atom stereocenters. The molecule has 0 atom stereocenters. The van der Waals surface area contributed by atoms with E-state index in [1.807, 2.05) is 25.1 Å². The van der Waals surface area contributed by atoms with Gasteiger partial charge >= 0.3 is 0 Å². The van der Waals surface area contributed by atoms with Gasteiger partial charge in [0, 0.05) is 5.56 Å². The van der Waals surface area contributed by atoms with E-state index in [-0.39, 0.29) is 0 Å². The molecule has 1 aromatic carbocycles. The van der Waals surface area contributed by atoms with Crippen LogP contribution in [0.2, 0.25) is 0 Å². The van der Waals surface area contributed by atoms with Gasteiger partial charge in [-0.05, 0) is 44.5 Å². The number of hydrogen-bond donors (Lipinski definition) is 0. The highest BCUT2D eigenvalue weighted by Crippen LogP contribution is 2.31. The quantitative estimate of drug-likeness (QED) is 0.790. The molecule has 108 valence electrons. The zero-order valence-corrected chi connectivity index (χ0v) is 12.7. The molecule has 0 bridgehead atoms. The van der Waals surface area contributed by atoms with Gasteiger partial charge in [-0.2, -0.15) is 0 Å². The van der Waals surface area contributed by atoms with E-state index in [0.717, 1.165) is 5.56 Å². The molecule has 6 nitrogen and oxygen atoms in total. The van der Waals surface area contributed by atoms with Crippen molar-refractivity contribution < 1.29 is 13.9 Å². The second kappa shape index (κ2) is 6.06. The Balaban J connectivity index is 2.39. The van der Waals surface area contributed by atoms with E-state index in [1.165, 1.54) is 0 Å². The lowest BCUT2D eigenvalue weighted by Crippen LogP contribution is -2.17. The Hall–Kier alpha value is -1.86. The minimum absolute atomic E-state index is 0.337. The van der Waals surface area contributed by atoms with E-state index in [4.69, 9.17) is 26.1 Å². The first-order valence-electron chi connectivity index (χ1n) is 6.00. The van der Waals surface area contributed by atoms with Gasteiger partial charge in [-0.1, -0.05) is 0 Å². The van der Waals surface area contributed by atoms with E-state index in [0.29, 0.717) is 28.9 Å². The number of methoxy groups -OCH3 is 2. The molecule has 0 spiro atoms. The van der Waals surface area contributed by atoms with Crippen molar-refractivity contribution in [1.29, 1.82) is 0 Å². The fourth-order valence-electron chi connectivity index (χ4n) is 1.75. The monoisotopic (exact) mass is 295 g/mol. The molecule has 0 saturated heterocycles. The first-order chi connectivity index (χ1) is 9.55. The van der Waals surface area contributed by atoms with Crippen LogP contribution in [-0.2, 0) is 6.67 Å². The van der Waals surface area contributed by atoms with E-state index >= 15 is 0 Å². The predicted octanol–water partition coefficient (Wildman–Crippen LogP) is 2.41. The van der Waals surface area contributed by atoms with Crippen LogP contribution in [0.25, 0.3) is 11.5 Å². The SMILES string of the molecule is COc1ccc(-c2nn(CN(C)C)c(=S)o2)cc1OC. The standard InChI is InChI=1S/C13H17N3O3S/c1-15(2)8-16-13(20)19-12(14-16)9-5-6-10(17-3)11(7-9)18-4/h5-7H,8H2,1-4H3. The minimum Gasteiger partial charge on any atom is -0.493 e. The summed E-state index contributed by atoms with van der Waals surface area (Å²) in [6.45, 7) is 0.565. The Labute approximate surface area is 122 Å². The normalized spacial score (nSPS) is 10.8. The summed E-state index contributed by atoms with van der Waals surface area (Å²) in [5.74, 6) is 1.73. The summed E-state index contributed by atoms with van der Waals surface area (Å²) in [5, 5.41) is 4.36. The molecule has 0 saturated carbocycles. The third-order valence-corrected chi connectivity index (χ3v) is 2.95. The van der Waals surface area contributed by atoms with Crippen molar-refractivity contribution in [3.8, 4) is 23.0 Å². The topological polar surface area (TPSA) is 52.7 Å². The molecule has 0 amide bonds. The first kappa shape index (κ1) is 14.5. The van der Waals surface area contributed by atoms with E-state index in [1.54, 1.807) is 31.0 Å². The van der Waals surface area contributed by atoms with Crippen molar-refractivity contribution in [3.63, 3.8) is 0 Å². The number of benzene rings is 1. The Kier molecular flexibility index (Phi) is 4.41. The summed E-state index contributed by atoms with van der Waals surface area (Å²) in [4.78, 5) is 2.29. The highest BCUT2D eigenvalue weighted by Gasteiger charge is 2.12. The summed E-state index contributed by atoms with van der Waals surface area (Å²) in [6.07, 6.45) is 0. The van der Waals surface area contributed by atoms with Crippen LogP contribution in [0, 0.1) is 4.84 Å². The van der Waals surface area contributed by atoms with Crippen LogP contribution in [0.5, 0.6) is 11.5 Å². The van der Waals surface area contributed by atoms with Crippen molar-refractivity contribution in [2.45, 2.75) is 6.67 Å². The molecule has 0 fully saturated rings. The van der Waals surface area contributed by atoms with Crippen molar-refractivity contribution in [1.82, 2.24) is 14.7 Å². The Bertz CT molecular complexity index is 649. The van der Waals surface area contributed by atoms with Gasteiger partial charge in [0.2, 0.25) is 5.89 Å². The van der Waals surface area contributed by atoms with Crippen molar-refractivity contribution in [3.05, 3.63) is 23.0 Å². The smallest absolute Gasteiger partial charge is 0.288 e. The lowest BCUT2D eigenvalue weighted by molar-refractivity contribution is 0.298. The molecule has 2 aromatic rings. The van der Waals surface area contributed by atoms with E-state index in [2.05, 4.69) is 5.10 Å². The van der Waals surface area contributed by atoms with Crippen LogP contribution in [0.1, 0.15) is 0 Å². The average molecular weight is 295 g/mol. The Morgan fingerprint density at radius 1 is 1.25 bits per heavy atom. The fraction of sp³-hybridized carbons (Fsp3) is 0.385. The second-order valence-corrected chi connectivity index (χ2v) is 4.81. The fourth-order valence-corrected chi connectivity index (χ4v) is 1.93. The molecular weight excluding hydrogens is 278 g/mol. The average Bonchev–Trinajstić information content (AvgIpc) is 2.78. The largest absolute Gasteiger partial charge is 0.493 e. The van der Waals surface area contributed by atoms with Gasteiger partial charge in [0.25, 0.3) is 4.84 Å². The summed E-state index contributed by atoms with van der Waals surface area (Å²) in [6, 6.07) is 5.46. The molecule has 0 aliphatic carbocycles. The number of aromatic nitrogens is 2. The summed E-state index contributed by atoms with van der Waals surface area (Å²) < 4.78 is 17.6. The third-order valence-electron chi connectivity index (χ3n) is 2.65. The van der Waals surface area contributed by atoms with Gasteiger partial charge in [-0.25, -0.2) is 4.68 Å². The van der Waals surface area contributed by atoms with E-state index in [9.17, 15) is 0 Å². The summed E-state index contributed by atoms with van der Waals surface area (Å²) >= 11 is 5.15. The van der Waals surface area contributed by atoms with Crippen LogP contribution in [0.3, 0.4) is 0 Å². The zero-order chi connectivity index (χ0) is 14.7. The van der Waals surface area contributed by atoms with Crippen molar-refractivity contribution in [2.75, 3.05) is 28.3 Å². The zero-order valence-electron chi connectivity index (χ0n) is 11.9. The van der Waals surface area contributed by atoms with Gasteiger partial charge in [0.05, 0.1) is 20.9 Å². The minimum atomic E-state index is 0.337. The molecular formula is C13H17N3O3S. The molecule has 7 heteroatoms. The number of rotatable bonds is 5. The molecule has 0 aliphatic rings. The van der Waals surface area contributed by atoms with Crippen LogP contribution in [0.15, 0.2) is 22.6 Å². The molecule has 1 aromatic heterocycles. The maximum atomic E-state index is 5.52.